The zero-order valence-corrected chi connectivity index (χ0v) is 9.69. The van der Waals surface area contributed by atoms with E-state index in [0.29, 0.717) is 6.04 Å². The first-order valence-electron chi connectivity index (χ1n) is 5.82. The van der Waals surface area contributed by atoms with Gasteiger partial charge in [-0.3, -0.25) is 0 Å². The minimum absolute atomic E-state index is 0.0840. The molecule has 1 aromatic rings. The van der Waals surface area contributed by atoms with Crippen molar-refractivity contribution in [3.05, 3.63) is 24.3 Å². The number of nitriles is 1. The quantitative estimate of drug-likeness (QED) is 0.864. The standard InChI is InChI=1S/C13H16N2O2/c14-6-9-17-13-3-1-2-12(10-13)15-11-4-7-16-8-5-11/h1-3,10-11,15H,4-5,7-9H2. The molecule has 4 heteroatoms. The molecule has 0 amide bonds. The summed E-state index contributed by atoms with van der Waals surface area (Å²) in [7, 11) is 0. The second kappa shape index (κ2) is 6.12. The molecule has 0 bridgehead atoms. The van der Waals surface area contributed by atoms with E-state index >= 15 is 0 Å². The van der Waals surface area contributed by atoms with Crippen LogP contribution < -0.4 is 10.1 Å². The third-order valence-electron chi connectivity index (χ3n) is 2.73. The van der Waals surface area contributed by atoms with Crippen LogP contribution in [0.4, 0.5) is 5.69 Å². The van der Waals surface area contributed by atoms with Crippen LogP contribution in [0.3, 0.4) is 0 Å². The molecule has 2 rings (SSSR count). The first-order valence-corrected chi connectivity index (χ1v) is 5.82. The Labute approximate surface area is 101 Å². The van der Waals surface area contributed by atoms with Crippen LogP contribution in [0.2, 0.25) is 0 Å². The van der Waals surface area contributed by atoms with Gasteiger partial charge in [0.15, 0.2) is 6.61 Å². The van der Waals surface area contributed by atoms with Crippen LogP contribution in [0.5, 0.6) is 5.75 Å². The molecule has 0 saturated carbocycles. The highest BCUT2D eigenvalue weighted by atomic mass is 16.5. The summed E-state index contributed by atoms with van der Waals surface area (Å²) < 4.78 is 10.6. The minimum atomic E-state index is 0.0840. The van der Waals surface area contributed by atoms with Gasteiger partial charge in [-0.05, 0) is 25.0 Å². The van der Waals surface area contributed by atoms with E-state index in [1.807, 2.05) is 30.3 Å². The molecule has 1 saturated heterocycles. The fraction of sp³-hybridized carbons (Fsp3) is 0.462. The highest BCUT2D eigenvalue weighted by Crippen LogP contribution is 2.20. The summed E-state index contributed by atoms with van der Waals surface area (Å²) in [5, 5.41) is 11.9. The summed E-state index contributed by atoms with van der Waals surface area (Å²) in [5.74, 6) is 0.726. The van der Waals surface area contributed by atoms with Gasteiger partial charge in [0.1, 0.15) is 11.8 Å². The van der Waals surface area contributed by atoms with Crippen molar-refractivity contribution in [1.29, 1.82) is 5.26 Å². The molecule has 0 aliphatic carbocycles. The number of rotatable bonds is 4. The molecule has 1 aromatic carbocycles. The summed E-state index contributed by atoms with van der Waals surface area (Å²) in [4.78, 5) is 0. The molecule has 1 fully saturated rings. The normalized spacial score (nSPS) is 16.2. The number of benzene rings is 1. The Bertz CT molecular complexity index is 395. The fourth-order valence-electron chi connectivity index (χ4n) is 1.87. The van der Waals surface area contributed by atoms with Gasteiger partial charge in [0.25, 0.3) is 0 Å². The molecule has 1 N–H and O–H groups in total. The summed E-state index contributed by atoms with van der Waals surface area (Å²) in [6.07, 6.45) is 2.06. The van der Waals surface area contributed by atoms with Crippen LogP contribution in [0, 0.1) is 11.3 Å². The zero-order valence-electron chi connectivity index (χ0n) is 9.69. The van der Waals surface area contributed by atoms with Crippen LogP contribution >= 0.6 is 0 Å². The Morgan fingerprint density at radius 3 is 3.00 bits per heavy atom. The summed E-state index contributed by atoms with van der Waals surface area (Å²) in [6, 6.07) is 10.1. The lowest BCUT2D eigenvalue weighted by Crippen LogP contribution is -2.27. The largest absolute Gasteiger partial charge is 0.479 e. The molecule has 0 atom stereocenters. The number of hydrogen-bond acceptors (Lipinski definition) is 4. The van der Waals surface area contributed by atoms with Gasteiger partial charge in [0.2, 0.25) is 0 Å². The van der Waals surface area contributed by atoms with Crippen molar-refractivity contribution in [2.75, 3.05) is 25.1 Å². The van der Waals surface area contributed by atoms with Crippen molar-refractivity contribution in [1.82, 2.24) is 0 Å². The predicted octanol–water partition coefficient (Wildman–Crippen LogP) is 2.18. The SMILES string of the molecule is N#CCOc1cccc(NC2CCOCC2)c1. The van der Waals surface area contributed by atoms with Crippen LogP contribution in [-0.2, 0) is 4.74 Å². The van der Waals surface area contributed by atoms with Gasteiger partial charge in [-0.25, -0.2) is 0 Å². The molecular formula is C13H16N2O2. The Balaban J connectivity index is 1.93. The van der Waals surface area contributed by atoms with Crippen molar-refractivity contribution in [2.24, 2.45) is 0 Å². The molecule has 1 aliphatic heterocycles. The third-order valence-corrected chi connectivity index (χ3v) is 2.73. The topological polar surface area (TPSA) is 54.3 Å². The van der Waals surface area contributed by atoms with E-state index in [0.717, 1.165) is 37.5 Å². The van der Waals surface area contributed by atoms with Crippen molar-refractivity contribution < 1.29 is 9.47 Å². The minimum Gasteiger partial charge on any atom is -0.479 e. The zero-order chi connectivity index (χ0) is 11.9. The highest BCUT2D eigenvalue weighted by molar-refractivity contribution is 5.48. The van der Waals surface area contributed by atoms with E-state index < -0.39 is 0 Å². The van der Waals surface area contributed by atoms with E-state index in [4.69, 9.17) is 14.7 Å². The molecule has 0 spiro atoms. The van der Waals surface area contributed by atoms with E-state index in [1.165, 1.54) is 0 Å². The maximum absolute atomic E-state index is 8.45. The lowest BCUT2D eigenvalue weighted by atomic mass is 10.1. The first kappa shape index (κ1) is 11.7. The molecule has 0 radical (unpaired) electrons. The Morgan fingerprint density at radius 2 is 2.24 bits per heavy atom. The maximum Gasteiger partial charge on any atom is 0.174 e. The molecular weight excluding hydrogens is 216 g/mol. The highest BCUT2D eigenvalue weighted by Gasteiger charge is 2.13. The molecule has 17 heavy (non-hydrogen) atoms. The van der Waals surface area contributed by atoms with Gasteiger partial charge < -0.3 is 14.8 Å². The van der Waals surface area contributed by atoms with Gasteiger partial charge in [0.05, 0.1) is 0 Å². The smallest absolute Gasteiger partial charge is 0.174 e. The monoisotopic (exact) mass is 232 g/mol. The number of nitrogens with zero attached hydrogens (tertiary/aromatic N) is 1. The Morgan fingerprint density at radius 1 is 1.41 bits per heavy atom. The van der Waals surface area contributed by atoms with Gasteiger partial charge in [-0.15, -0.1) is 0 Å². The average Bonchev–Trinajstić information content (AvgIpc) is 2.38. The molecule has 1 heterocycles. The van der Waals surface area contributed by atoms with Gasteiger partial charge in [-0.1, -0.05) is 6.07 Å². The summed E-state index contributed by atoms with van der Waals surface area (Å²) in [6.45, 7) is 1.73. The Hall–Kier alpha value is -1.73. The number of nitrogens with one attached hydrogen (secondary N) is 1. The lowest BCUT2D eigenvalue weighted by Gasteiger charge is -2.24. The van der Waals surface area contributed by atoms with Gasteiger partial charge in [0, 0.05) is 31.0 Å². The van der Waals surface area contributed by atoms with E-state index in [2.05, 4.69) is 5.32 Å². The average molecular weight is 232 g/mol. The molecule has 90 valence electrons. The number of hydrogen-bond donors (Lipinski definition) is 1. The second-order valence-electron chi connectivity index (χ2n) is 4.01. The van der Waals surface area contributed by atoms with E-state index in [-0.39, 0.29) is 6.61 Å². The van der Waals surface area contributed by atoms with Crippen LogP contribution in [0.25, 0.3) is 0 Å². The molecule has 1 aliphatic rings. The van der Waals surface area contributed by atoms with E-state index in [9.17, 15) is 0 Å². The van der Waals surface area contributed by atoms with Crippen LogP contribution in [0.15, 0.2) is 24.3 Å². The van der Waals surface area contributed by atoms with Gasteiger partial charge >= 0.3 is 0 Å². The maximum atomic E-state index is 8.45. The van der Waals surface area contributed by atoms with Crippen LogP contribution in [0.1, 0.15) is 12.8 Å². The number of ether oxygens (including phenoxy) is 2. The number of anilines is 1. The van der Waals surface area contributed by atoms with E-state index in [1.54, 1.807) is 0 Å². The van der Waals surface area contributed by atoms with Crippen molar-refractivity contribution in [2.45, 2.75) is 18.9 Å². The fourth-order valence-corrected chi connectivity index (χ4v) is 1.87. The lowest BCUT2D eigenvalue weighted by molar-refractivity contribution is 0.0904. The van der Waals surface area contributed by atoms with Crippen LogP contribution in [-0.4, -0.2) is 25.9 Å². The summed E-state index contributed by atoms with van der Waals surface area (Å²) in [5.41, 5.74) is 1.03. The van der Waals surface area contributed by atoms with Gasteiger partial charge in [-0.2, -0.15) is 5.26 Å². The second-order valence-corrected chi connectivity index (χ2v) is 4.01. The van der Waals surface area contributed by atoms with Crippen molar-refractivity contribution >= 4 is 5.69 Å². The first-order chi connectivity index (χ1) is 8.38. The molecule has 0 aromatic heterocycles. The van der Waals surface area contributed by atoms with Crippen molar-refractivity contribution in [3.8, 4) is 11.8 Å². The predicted molar refractivity (Wildman–Crippen MR) is 65.0 cm³/mol. The summed E-state index contributed by atoms with van der Waals surface area (Å²) >= 11 is 0. The Kier molecular flexibility index (Phi) is 4.23. The third kappa shape index (κ3) is 3.65. The molecule has 0 unspecified atom stereocenters. The van der Waals surface area contributed by atoms with Crippen molar-refractivity contribution in [3.63, 3.8) is 0 Å². The molecule has 4 nitrogen and oxygen atoms in total.